The van der Waals surface area contributed by atoms with Crippen LogP contribution >= 0.6 is 0 Å². The van der Waals surface area contributed by atoms with Gasteiger partial charge in [0, 0.05) is 120 Å². The highest BCUT2D eigenvalue weighted by atomic mass is 16.5. The molecular formula is C65H114BN6O17. The van der Waals surface area contributed by atoms with Crippen LogP contribution in [0.1, 0.15) is 182 Å². The van der Waals surface area contributed by atoms with Crippen LogP contribution in [0.5, 0.6) is 0 Å². The van der Waals surface area contributed by atoms with E-state index in [-0.39, 0.29) is 156 Å². The first-order chi connectivity index (χ1) is 40.6. The molecule has 89 heavy (non-hydrogen) atoms. The van der Waals surface area contributed by atoms with Crippen LogP contribution in [0.15, 0.2) is 24.3 Å². The van der Waals surface area contributed by atoms with Crippen molar-refractivity contribution in [2.24, 2.45) is 47.3 Å². The van der Waals surface area contributed by atoms with Crippen molar-refractivity contribution in [3.63, 3.8) is 0 Å². The molecule has 2 aliphatic heterocycles. The van der Waals surface area contributed by atoms with Gasteiger partial charge in [0.1, 0.15) is 0 Å². The molecule has 0 bridgehead atoms. The van der Waals surface area contributed by atoms with E-state index in [1.807, 2.05) is 83.1 Å². The number of methoxy groups -OCH3 is 2. The number of carboxylic acids is 3. The number of Topliss-reactive ketones (excluding diaryl/α,β-unsaturated/α-hetero) is 2. The Labute approximate surface area is 534 Å². The predicted molar refractivity (Wildman–Crippen MR) is 344 cm³/mol. The minimum Gasteiger partial charge on any atom is -0.481 e. The summed E-state index contributed by atoms with van der Waals surface area (Å²) in [5.74, 6) is -6.06. The van der Waals surface area contributed by atoms with Crippen LogP contribution in [0.2, 0.25) is 0 Å². The van der Waals surface area contributed by atoms with Gasteiger partial charge in [0.25, 0.3) is 23.6 Å². The summed E-state index contributed by atoms with van der Waals surface area (Å²) in [6, 6.07) is -1.87. The number of ketones is 2. The van der Waals surface area contributed by atoms with E-state index in [4.69, 9.17) is 14.6 Å². The van der Waals surface area contributed by atoms with Gasteiger partial charge in [0.15, 0.2) is 11.6 Å². The van der Waals surface area contributed by atoms with Crippen molar-refractivity contribution in [1.29, 1.82) is 0 Å². The number of amides is 7. The number of carbonyl (C=O) groups excluding carboxylic acids is 9. The molecule has 10 atom stereocenters. The second-order valence-corrected chi connectivity index (χ2v) is 24.5. The lowest BCUT2D eigenvalue weighted by Gasteiger charge is -2.40. The van der Waals surface area contributed by atoms with Gasteiger partial charge in [-0.3, -0.25) is 67.3 Å². The summed E-state index contributed by atoms with van der Waals surface area (Å²) in [4.78, 5) is 152. The van der Waals surface area contributed by atoms with Gasteiger partial charge in [-0.25, -0.2) is 0 Å². The number of carbonyl (C=O) groups is 12. The fourth-order valence-corrected chi connectivity index (χ4v) is 11.2. The van der Waals surface area contributed by atoms with Crippen LogP contribution in [0.4, 0.5) is 0 Å². The van der Waals surface area contributed by atoms with Crippen molar-refractivity contribution < 1.29 is 83.8 Å². The van der Waals surface area contributed by atoms with Gasteiger partial charge in [-0.1, -0.05) is 116 Å². The van der Waals surface area contributed by atoms with E-state index in [1.54, 1.807) is 38.0 Å². The second kappa shape index (κ2) is 44.4. The van der Waals surface area contributed by atoms with Gasteiger partial charge in [0.05, 0.1) is 49.2 Å². The molecule has 2 heterocycles. The molecule has 24 heteroatoms. The Balaban J connectivity index is -0.000000677. The van der Waals surface area contributed by atoms with Crippen molar-refractivity contribution in [2.75, 3.05) is 55.5 Å². The van der Waals surface area contributed by atoms with Crippen molar-refractivity contribution in [3.05, 3.63) is 24.3 Å². The molecule has 509 valence electrons. The van der Waals surface area contributed by atoms with Crippen molar-refractivity contribution in [1.82, 2.24) is 29.8 Å². The molecule has 0 aromatic rings. The molecule has 0 aliphatic carbocycles. The first-order valence-corrected chi connectivity index (χ1v) is 30.9. The molecule has 4 N–H and O–H groups in total. The fraction of sp³-hybridized carbons (Fsp3) is 0.754. The molecule has 23 nitrogen and oxygen atoms in total. The quantitative estimate of drug-likeness (QED) is 0.0263. The maximum absolute atomic E-state index is 13.9. The van der Waals surface area contributed by atoms with Gasteiger partial charge >= 0.3 is 17.9 Å². The highest BCUT2D eigenvalue weighted by molar-refractivity contribution is 6.13. The number of unbranched alkanes of at least 4 members (excludes halogenated alkanes) is 4. The summed E-state index contributed by atoms with van der Waals surface area (Å²) < 4.78 is 11.0. The summed E-state index contributed by atoms with van der Waals surface area (Å²) in [5, 5.41) is 30.1. The molecule has 2 rings (SSSR count). The molecule has 2 aliphatic rings. The highest BCUT2D eigenvalue weighted by Crippen LogP contribution is 2.30. The van der Waals surface area contributed by atoms with Crippen LogP contribution in [-0.4, -0.2) is 211 Å². The van der Waals surface area contributed by atoms with E-state index in [1.165, 1.54) is 53.2 Å². The molecule has 0 saturated carbocycles. The lowest BCUT2D eigenvalue weighted by molar-refractivity contribution is -0.150. The summed E-state index contributed by atoms with van der Waals surface area (Å²) >= 11 is 0. The zero-order chi connectivity index (χ0) is 67.2. The van der Waals surface area contributed by atoms with Gasteiger partial charge in [-0.2, -0.15) is 0 Å². The number of nitrogens with one attached hydrogen (secondary N) is 1. The largest absolute Gasteiger partial charge is 0.481 e. The SMILES string of the molecule is C.CC[C@H](C)[C@@H]([C@@H](CC(=O)O)OC)N(C)C(=O)[C@@H](CC(=O)[C@@H](NC)C(C)C)C(C)C.CC[C@H](C)[C@@H]([C@@H](CC(=O)O)OC)N(C)C(=O)[C@@H](CC(=O)[C@H](C(C)C)N(C)C(=O)CCCCCN1C(=O)C=CC1=O)C(C)C.O=C(O)CCCCCN1C(=O)C=CC1=O.[2HH].[B]. The minimum atomic E-state index is -1.02. The molecule has 0 saturated heterocycles. The summed E-state index contributed by atoms with van der Waals surface area (Å²) in [5.41, 5.74) is 0. The second-order valence-electron chi connectivity index (χ2n) is 24.5. The third-order valence-corrected chi connectivity index (χ3v) is 16.7. The zero-order valence-corrected chi connectivity index (χ0v) is 56.1. The van der Waals surface area contributed by atoms with Crippen LogP contribution < -0.4 is 5.32 Å². The smallest absolute Gasteiger partial charge is 0.306 e. The number of hydrogen-bond acceptors (Lipinski definition) is 15. The molecule has 3 radical (unpaired) electrons. The molecule has 0 spiro atoms. The third kappa shape index (κ3) is 29.1. The molecule has 0 aromatic heterocycles. The zero-order valence-electron chi connectivity index (χ0n) is 56.1. The first kappa shape index (κ1) is 87.1. The Kier molecular flexibility index (Phi) is 43.4. The molecule has 0 unspecified atom stereocenters. The van der Waals surface area contributed by atoms with Crippen molar-refractivity contribution >= 4 is 79.2 Å². The minimum absolute atomic E-state index is 0. The van der Waals surface area contributed by atoms with Crippen molar-refractivity contribution in [3.8, 4) is 0 Å². The normalized spacial score (nSPS) is 16.2. The Morgan fingerprint density at radius 1 is 0.506 bits per heavy atom. The number of imide groups is 2. The average molecular weight is 1260 g/mol. The van der Waals surface area contributed by atoms with E-state index < -0.39 is 54.0 Å². The van der Waals surface area contributed by atoms with E-state index >= 15 is 0 Å². The predicted octanol–water partition coefficient (Wildman–Crippen LogP) is 7.43. The Bertz CT molecular complexity index is 2320. The number of rotatable bonds is 40. The average Bonchev–Trinajstić information content (AvgIpc) is 2.24. The number of likely N-dealkylation sites (N-methyl/N-ethyl adjacent to an activating group) is 4. The Morgan fingerprint density at radius 3 is 1.13 bits per heavy atom. The number of nitrogens with zero attached hydrogens (tertiary/aromatic N) is 5. The Morgan fingerprint density at radius 2 is 0.854 bits per heavy atom. The topological polar surface area (TPSA) is 312 Å². The summed E-state index contributed by atoms with van der Waals surface area (Å²) in [7, 11) is 9.64. The highest BCUT2D eigenvalue weighted by Gasteiger charge is 2.41. The summed E-state index contributed by atoms with van der Waals surface area (Å²) in [6.07, 6.45) is 8.97. The van der Waals surface area contributed by atoms with Gasteiger partial charge < -0.3 is 44.8 Å². The van der Waals surface area contributed by atoms with Crippen LogP contribution in [-0.2, 0) is 67.0 Å². The van der Waals surface area contributed by atoms with Gasteiger partial charge in [0.2, 0.25) is 17.7 Å². The monoisotopic (exact) mass is 1260 g/mol. The summed E-state index contributed by atoms with van der Waals surface area (Å²) in [6.45, 7) is 24.0. The number of aliphatic carboxylic acids is 3. The van der Waals surface area contributed by atoms with Crippen LogP contribution in [0.25, 0.3) is 0 Å². The van der Waals surface area contributed by atoms with Crippen LogP contribution in [0.3, 0.4) is 0 Å². The van der Waals surface area contributed by atoms with E-state index in [2.05, 4.69) is 5.32 Å². The standard InChI is InChI=1S/C32H53N3O8.C22H42N2O5.C10H13NO4.CH4.B.H2/c1-10-22(6)31(25(43-9)19-29(40)41)34(8)32(42)23(20(2)3)18-24(36)30(21(4)5)33(7)26(37)14-12-11-13-17-35-27(38)15-16-28(35)39;1-10-15(6)21(18(29-9)12-19(26)27)24(8)22(28)16(13(2)3)11-17(25)20(23-7)14(4)5;12-8-5-6-9(13)11(8)7-3-1-2-4-10(14)15;;;/h15-16,20-23,25,30-31H,10-14,17-19H2,1-9H3,(H,40,41);13-16,18,20-21,23H,10-12H2,1-9H3,(H,26,27);5-6H,1-4,7H2,(H,14,15);1H4;;1H/t22-,23-,25+,30-,31-;15-,16-,18+,20-,21-;;;;/m00..../s1/i;;;;;1+1. The maximum Gasteiger partial charge on any atom is 0.306 e. The van der Waals surface area contributed by atoms with E-state index in [9.17, 15) is 67.7 Å². The molecule has 0 aromatic carbocycles. The van der Waals surface area contributed by atoms with Crippen LogP contribution in [0, 0.1) is 47.3 Å². The van der Waals surface area contributed by atoms with Crippen molar-refractivity contribution in [2.45, 2.75) is 217 Å². The maximum atomic E-state index is 13.9. The lowest BCUT2D eigenvalue weighted by Crippen LogP contribution is -2.53. The molecule has 7 amide bonds. The number of hydrogen-bond donors (Lipinski definition) is 4. The molecular weight excluding hydrogens is 1150 g/mol. The van der Waals surface area contributed by atoms with Gasteiger partial charge in [-0.15, -0.1) is 0 Å². The first-order valence-electron chi connectivity index (χ1n) is 30.9. The van der Waals surface area contributed by atoms with Gasteiger partial charge in [-0.05, 0) is 68.2 Å². The lowest BCUT2D eigenvalue weighted by atomic mass is 9.83. The number of ether oxygens (including phenoxy) is 2. The molecule has 0 fully saturated rings. The Hall–Kier alpha value is -6.14. The van der Waals surface area contributed by atoms with E-state index in [0.717, 1.165) is 6.42 Å². The van der Waals surface area contributed by atoms with E-state index in [0.29, 0.717) is 58.0 Å². The number of carboxylic acid groups (broad SMARTS) is 3. The third-order valence-electron chi connectivity index (χ3n) is 16.7. The fourth-order valence-electron chi connectivity index (χ4n) is 11.2.